The molecule has 2 aromatic rings. The van der Waals surface area contributed by atoms with Crippen molar-refractivity contribution in [1.29, 1.82) is 0 Å². The zero-order valence-electron chi connectivity index (χ0n) is 17.1. The van der Waals surface area contributed by atoms with Gasteiger partial charge < -0.3 is 10.2 Å². The van der Waals surface area contributed by atoms with E-state index < -0.39 is 0 Å². The maximum absolute atomic E-state index is 12.7. The van der Waals surface area contributed by atoms with Crippen molar-refractivity contribution in [2.75, 3.05) is 29.9 Å². The molecule has 2 aliphatic heterocycles. The third-order valence-electron chi connectivity index (χ3n) is 5.75. The van der Waals surface area contributed by atoms with Gasteiger partial charge in [0.2, 0.25) is 11.8 Å². The minimum Gasteiger partial charge on any atom is -0.312 e. The van der Waals surface area contributed by atoms with Crippen molar-refractivity contribution in [1.82, 2.24) is 9.88 Å². The molecule has 0 radical (unpaired) electrons. The number of piperidine rings is 1. The molecule has 0 bridgehead atoms. The summed E-state index contributed by atoms with van der Waals surface area (Å²) in [5.74, 6) is 0.255. The van der Waals surface area contributed by atoms with Gasteiger partial charge >= 0.3 is 0 Å². The summed E-state index contributed by atoms with van der Waals surface area (Å²) in [5.41, 5.74) is 3.00. The lowest BCUT2D eigenvalue weighted by atomic mass is 10.0. The molecule has 1 N–H and O–H groups in total. The Hall–Kier alpha value is -2.25. The first-order valence-electron chi connectivity index (χ1n) is 10.3. The summed E-state index contributed by atoms with van der Waals surface area (Å²) in [6, 6.07) is 7.83. The van der Waals surface area contributed by atoms with E-state index >= 15 is 0 Å². The molecule has 154 valence electrons. The van der Waals surface area contributed by atoms with Crippen LogP contribution in [0.15, 0.2) is 29.6 Å². The Bertz CT molecular complexity index is 879. The highest BCUT2D eigenvalue weighted by Gasteiger charge is 2.35. The molecule has 3 heterocycles. The lowest BCUT2D eigenvalue weighted by Gasteiger charge is -2.30. The smallest absolute Gasteiger partial charge is 0.231 e. The molecule has 6 nitrogen and oxygen atoms in total. The average Bonchev–Trinajstić information content (AvgIpc) is 3.29. The van der Waals surface area contributed by atoms with Crippen molar-refractivity contribution >= 4 is 34.0 Å². The second kappa shape index (κ2) is 8.63. The minimum atomic E-state index is -0.348. The monoisotopic (exact) mass is 412 g/mol. The highest BCUT2D eigenvalue weighted by atomic mass is 32.1. The normalized spacial score (nSPS) is 22.8. The molecule has 1 aromatic heterocycles. The third kappa shape index (κ3) is 4.85. The number of amides is 2. The van der Waals surface area contributed by atoms with E-state index in [0.29, 0.717) is 11.7 Å². The highest BCUT2D eigenvalue weighted by Crippen LogP contribution is 2.27. The summed E-state index contributed by atoms with van der Waals surface area (Å²) in [5, 5.41) is 5.57. The fraction of sp³-hybridized carbons (Fsp3) is 0.500. The molecule has 1 aromatic carbocycles. The lowest BCUT2D eigenvalue weighted by Crippen LogP contribution is -2.33. The molecule has 29 heavy (non-hydrogen) atoms. The van der Waals surface area contributed by atoms with Gasteiger partial charge in [0.25, 0.3) is 0 Å². The standard InChI is InChI=1S/C22H28N4O2S/c1-15-5-7-19(8-6-15)26-12-17(10-20(26)27)21(28)24-22-23-18(14-29-22)13-25-9-3-4-16(2)11-25/h5-8,14,16-17H,3-4,9-13H2,1-2H3,(H,23,24,28). The Morgan fingerprint density at radius 1 is 1.28 bits per heavy atom. The summed E-state index contributed by atoms with van der Waals surface area (Å²) in [6.45, 7) is 7.78. The molecule has 2 atom stereocenters. The Kier molecular flexibility index (Phi) is 5.96. The van der Waals surface area contributed by atoms with Crippen LogP contribution >= 0.6 is 11.3 Å². The molecular weight excluding hydrogens is 384 g/mol. The number of benzene rings is 1. The minimum absolute atomic E-state index is 0.00644. The number of nitrogens with zero attached hydrogens (tertiary/aromatic N) is 3. The molecule has 2 unspecified atom stereocenters. The van der Waals surface area contributed by atoms with E-state index in [2.05, 4.69) is 22.1 Å². The molecule has 4 rings (SSSR count). The van der Waals surface area contributed by atoms with Crippen molar-refractivity contribution in [3.8, 4) is 0 Å². The van der Waals surface area contributed by atoms with E-state index in [1.165, 1.54) is 24.2 Å². The van der Waals surface area contributed by atoms with Gasteiger partial charge in [-0.15, -0.1) is 11.3 Å². The Balaban J connectivity index is 1.33. The van der Waals surface area contributed by atoms with Crippen molar-refractivity contribution in [2.45, 2.75) is 39.7 Å². The van der Waals surface area contributed by atoms with E-state index in [4.69, 9.17) is 0 Å². The van der Waals surface area contributed by atoms with Crippen LogP contribution in [0.4, 0.5) is 10.8 Å². The van der Waals surface area contributed by atoms with Crippen molar-refractivity contribution in [3.05, 3.63) is 40.9 Å². The van der Waals surface area contributed by atoms with E-state index in [1.54, 1.807) is 4.90 Å². The number of thiazole rings is 1. The Morgan fingerprint density at radius 2 is 2.07 bits per heavy atom. The maximum Gasteiger partial charge on any atom is 0.231 e. The van der Waals surface area contributed by atoms with Crippen LogP contribution in [0.25, 0.3) is 0 Å². The van der Waals surface area contributed by atoms with Gasteiger partial charge in [0.15, 0.2) is 5.13 Å². The number of aromatic nitrogens is 1. The summed E-state index contributed by atoms with van der Waals surface area (Å²) >= 11 is 1.46. The van der Waals surface area contributed by atoms with Crippen molar-refractivity contribution in [2.24, 2.45) is 11.8 Å². The fourth-order valence-electron chi connectivity index (χ4n) is 4.16. The van der Waals surface area contributed by atoms with Gasteiger partial charge in [-0.3, -0.25) is 14.5 Å². The number of nitrogens with one attached hydrogen (secondary N) is 1. The van der Waals surface area contributed by atoms with Crippen molar-refractivity contribution in [3.63, 3.8) is 0 Å². The number of carbonyl (C=O) groups excluding carboxylic acids is 2. The predicted octanol–water partition coefficient (Wildman–Crippen LogP) is 3.68. The second-order valence-electron chi connectivity index (χ2n) is 8.36. The van der Waals surface area contributed by atoms with E-state index in [1.807, 2.05) is 36.6 Å². The van der Waals surface area contributed by atoms with E-state index in [0.717, 1.165) is 42.5 Å². The zero-order chi connectivity index (χ0) is 20.4. The van der Waals surface area contributed by atoms with Crippen LogP contribution in [0.1, 0.15) is 37.4 Å². The summed E-state index contributed by atoms with van der Waals surface area (Å²) < 4.78 is 0. The van der Waals surface area contributed by atoms with Gasteiger partial charge in [-0.05, 0) is 44.4 Å². The summed E-state index contributed by atoms with van der Waals surface area (Å²) in [7, 11) is 0. The number of hydrogen-bond acceptors (Lipinski definition) is 5. The fourth-order valence-corrected chi connectivity index (χ4v) is 4.87. The molecule has 2 aliphatic rings. The van der Waals surface area contributed by atoms with Gasteiger partial charge in [-0.25, -0.2) is 4.98 Å². The highest BCUT2D eigenvalue weighted by molar-refractivity contribution is 7.13. The van der Waals surface area contributed by atoms with Gasteiger partial charge in [-0.2, -0.15) is 0 Å². The summed E-state index contributed by atoms with van der Waals surface area (Å²) in [4.78, 5) is 33.8. The summed E-state index contributed by atoms with van der Waals surface area (Å²) in [6.07, 6.45) is 2.78. The Morgan fingerprint density at radius 3 is 2.83 bits per heavy atom. The zero-order valence-corrected chi connectivity index (χ0v) is 17.9. The third-order valence-corrected chi connectivity index (χ3v) is 6.56. The molecule has 2 fully saturated rings. The number of aryl methyl sites for hydroxylation is 1. The average molecular weight is 413 g/mol. The number of rotatable bonds is 5. The topological polar surface area (TPSA) is 65.5 Å². The largest absolute Gasteiger partial charge is 0.312 e. The van der Waals surface area contributed by atoms with Crippen LogP contribution in [-0.2, 0) is 16.1 Å². The molecule has 0 saturated carbocycles. The molecule has 7 heteroatoms. The van der Waals surface area contributed by atoms with Crippen molar-refractivity contribution < 1.29 is 9.59 Å². The van der Waals surface area contributed by atoms with Crippen LogP contribution in [0.3, 0.4) is 0 Å². The van der Waals surface area contributed by atoms with Gasteiger partial charge in [0.1, 0.15) is 0 Å². The van der Waals surface area contributed by atoms with Crippen LogP contribution in [0.2, 0.25) is 0 Å². The first-order chi connectivity index (χ1) is 14.0. The van der Waals surface area contributed by atoms with Crippen LogP contribution in [0, 0.1) is 18.8 Å². The first kappa shape index (κ1) is 20.0. The quantitative estimate of drug-likeness (QED) is 0.814. The van der Waals surface area contributed by atoms with Crippen LogP contribution < -0.4 is 10.2 Å². The van der Waals surface area contributed by atoms with Gasteiger partial charge in [0.05, 0.1) is 11.6 Å². The van der Waals surface area contributed by atoms with E-state index in [-0.39, 0.29) is 24.2 Å². The van der Waals surface area contributed by atoms with E-state index in [9.17, 15) is 9.59 Å². The predicted molar refractivity (Wildman–Crippen MR) is 116 cm³/mol. The number of anilines is 2. The maximum atomic E-state index is 12.7. The molecule has 0 aliphatic carbocycles. The number of hydrogen-bond donors (Lipinski definition) is 1. The van der Waals surface area contributed by atoms with Gasteiger partial charge in [-0.1, -0.05) is 24.6 Å². The number of likely N-dealkylation sites (tertiary alicyclic amines) is 1. The van der Waals surface area contributed by atoms with Crippen LogP contribution in [-0.4, -0.2) is 41.3 Å². The molecule has 2 amide bonds. The molecular formula is C22H28N4O2S. The Labute approximate surface area is 175 Å². The molecule has 2 saturated heterocycles. The van der Waals surface area contributed by atoms with Crippen LogP contribution in [0.5, 0.6) is 0 Å². The molecule has 0 spiro atoms. The number of carbonyl (C=O) groups is 2. The SMILES string of the molecule is Cc1ccc(N2CC(C(=O)Nc3nc(CN4CCCC(C)C4)cs3)CC2=O)cc1. The lowest BCUT2D eigenvalue weighted by molar-refractivity contribution is -0.122. The first-order valence-corrected chi connectivity index (χ1v) is 11.2. The van der Waals surface area contributed by atoms with Gasteiger partial charge in [0, 0.05) is 37.1 Å². The second-order valence-corrected chi connectivity index (χ2v) is 9.21.